The molecule has 0 saturated carbocycles. The van der Waals surface area contributed by atoms with Gasteiger partial charge in [-0.1, -0.05) is 0 Å². The van der Waals surface area contributed by atoms with E-state index in [9.17, 15) is 19.7 Å². The summed E-state index contributed by atoms with van der Waals surface area (Å²) < 4.78 is 12.1. The lowest BCUT2D eigenvalue weighted by atomic mass is 10.0. The molecule has 166 valence electrons. The third-order valence-corrected chi connectivity index (χ3v) is 4.70. The van der Waals surface area contributed by atoms with E-state index in [1.54, 1.807) is 27.8 Å². The average molecular weight is 431 g/mol. The van der Waals surface area contributed by atoms with Crippen LogP contribution in [0.2, 0.25) is 0 Å². The Labute approximate surface area is 179 Å². The van der Waals surface area contributed by atoms with Gasteiger partial charge < -0.3 is 19.7 Å². The highest BCUT2D eigenvalue weighted by atomic mass is 16.6. The largest absolute Gasteiger partial charge is 0.495 e. The van der Waals surface area contributed by atoms with E-state index in [4.69, 9.17) is 9.47 Å². The molecule has 0 aliphatic carbocycles. The number of nitrogens with one attached hydrogen (secondary N) is 1. The van der Waals surface area contributed by atoms with Gasteiger partial charge in [0.05, 0.1) is 30.0 Å². The first-order valence-electron chi connectivity index (χ1n) is 9.66. The Kier molecular flexibility index (Phi) is 5.87. The number of nitro benzene ring substituents is 1. The van der Waals surface area contributed by atoms with Gasteiger partial charge in [-0.15, -0.1) is 0 Å². The molecule has 0 atom stereocenters. The first-order chi connectivity index (χ1) is 14.5. The summed E-state index contributed by atoms with van der Waals surface area (Å²) in [5.74, 6) is -0.230. The molecular formula is C20H25N5O6. The number of methoxy groups -OCH3 is 1. The SMILES string of the molecule is COc1ccc([N+](=O)[O-])cc1NC(=O)c1c2c(nn1C)CCN(C(=O)OC(C)(C)C)C2. The molecular weight excluding hydrogens is 406 g/mol. The van der Waals surface area contributed by atoms with E-state index in [2.05, 4.69) is 10.4 Å². The van der Waals surface area contributed by atoms with Crippen LogP contribution in [0.3, 0.4) is 0 Å². The van der Waals surface area contributed by atoms with Gasteiger partial charge in [-0.05, 0) is 26.8 Å². The molecule has 1 N–H and O–H groups in total. The molecule has 2 heterocycles. The number of benzene rings is 1. The van der Waals surface area contributed by atoms with E-state index in [-0.39, 0.29) is 29.4 Å². The van der Waals surface area contributed by atoms with Crippen molar-refractivity contribution in [2.45, 2.75) is 39.3 Å². The van der Waals surface area contributed by atoms with Gasteiger partial charge in [-0.25, -0.2) is 4.79 Å². The van der Waals surface area contributed by atoms with Crippen LogP contribution in [0.15, 0.2) is 18.2 Å². The van der Waals surface area contributed by atoms with Crippen LogP contribution in [-0.2, 0) is 24.8 Å². The summed E-state index contributed by atoms with van der Waals surface area (Å²) in [5.41, 5.74) is 0.943. The number of aromatic nitrogens is 2. The molecule has 0 radical (unpaired) electrons. The van der Waals surface area contributed by atoms with Crippen LogP contribution >= 0.6 is 0 Å². The fourth-order valence-electron chi connectivity index (χ4n) is 3.36. The zero-order chi connectivity index (χ0) is 22.9. The van der Waals surface area contributed by atoms with Crippen LogP contribution in [0.4, 0.5) is 16.2 Å². The fourth-order valence-corrected chi connectivity index (χ4v) is 3.36. The predicted octanol–water partition coefficient (Wildman–Crippen LogP) is 2.88. The second kappa shape index (κ2) is 8.25. The van der Waals surface area contributed by atoms with Crippen molar-refractivity contribution in [2.75, 3.05) is 19.0 Å². The molecule has 0 spiro atoms. The van der Waals surface area contributed by atoms with E-state index in [1.807, 2.05) is 0 Å². The molecule has 2 aromatic rings. The number of aryl methyl sites for hydroxylation is 1. The van der Waals surface area contributed by atoms with Crippen molar-refractivity contribution in [2.24, 2.45) is 7.05 Å². The number of ether oxygens (including phenoxy) is 2. The number of non-ortho nitro benzene ring substituents is 1. The van der Waals surface area contributed by atoms with Gasteiger partial charge in [0.15, 0.2) is 0 Å². The van der Waals surface area contributed by atoms with Crippen LogP contribution in [0.5, 0.6) is 5.75 Å². The molecule has 31 heavy (non-hydrogen) atoms. The molecule has 11 nitrogen and oxygen atoms in total. The number of fused-ring (bicyclic) bond motifs is 1. The highest BCUT2D eigenvalue weighted by molar-refractivity contribution is 6.05. The fraction of sp³-hybridized carbons (Fsp3) is 0.450. The maximum Gasteiger partial charge on any atom is 0.410 e. The van der Waals surface area contributed by atoms with Gasteiger partial charge in [0.25, 0.3) is 11.6 Å². The molecule has 1 aromatic carbocycles. The number of carbonyl (C=O) groups excluding carboxylic acids is 2. The Morgan fingerprint density at radius 2 is 2.00 bits per heavy atom. The zero-order valence-corrected chi connectivity index (χ0v) is 18.1. The lowest BCUT2D eigenvalue weighted by Crippen LogP contribution is -2.40. The molecule has 0 unspecified atom stereocenters. The Bertz CT molecular complexity index is 1040. The summed E-state index contributed by atoms with van der Waals surface area (Å²) in [6.07, 6.45) is 0.0178. The molecule has 2 amide bonds. The summed E-state index contributed by atoms with van der Waals surface area (Å²) in [6, 6.07) is 3.93. The first kappa shape index (κ1) is 22.1. The highest BCUT2D eigenvalue weighted by Crippen LogP contribution is 2.30. The molecule has 3 rings (SSSR count). The Hall–Kier alpha value is -3.63. The van der Waals surface area contributed by atoms with E-state index in [0.29, 0.717) is 18.5 Å². The van der Waals surface area contributed by atoms with Gasteiger partial charge in [0.1, 0.15) is 17.0 Å². The number of rotatable bonds is 4. The summed E-state index contributed by atoms with van der Waals surface area (Å²) >= 11 is 0. The van der Waals surface area contributed by atoms with Crippen molar-refractivity contribution in [3.05, 3.63) is 45.3 Å². The van der Waals surface area contributed by atoms with E-state index in [0.717, 1.165) is 5.69 Å². The number of carbonyl (C=O) groups is 2. The van der Waals surface area contributed by atoms with Gasteiger partial charge in [0, 0.05) is 37.7 Å². The minimum atomic E-state index is -0.634. The normalized spacial score (nSPS) is 13.4. The Balaban J connectivity index is 1.88. The topological polar surface area (TPSA) is 129 Å². The summed E-state index contributed by atoms with van der Waals surface area (Å²) in [5, 5.41) is 18.2. The van der Waals surface area contributed by atoms with E-state index >= 15 is 0 Å². The standard InChI is InChI=1S/C20H25N5O6/c1-20(2,3)31-19(27)24-9-8-14-13(11-24)17(23(4)22-14)18(26)21-15-10-12(25(28)29)6-7-16(15)30-5/h6-7,10H,8-9,11H2,1-5H3,(H,21,26). The zero-order valence-electron chi connectivity index (χ0n) is 18.1. The third kappa shape index (κ3) is 4.76. The van der Waals surface area contributed by atoms with Gasteiger partial charge in [0.2, 0.25) is 0 Å². The number of hydrogen-bond donors (Lipinski definition) is 1. The van der Waals surface area contributed by atoms with Crippen LogP contribution < -0.4 is 10.1 Å². The minimum absolute atomic E-state index is 0.163. The molecule has 11 heteroatoms. The highest BCUT2D eigenvalue weighted by Gasteiger charge is 2.32. The lowest BCUT2D eigenvalue weighted by molar-refractivity contribution is -0.384. The maximum absolute atomic E-state index is 13.1. The van der Waals surface area contributed by atoms with Crippen molar-refractivity contribution in [1.29, 1.82) is 0 Å². The van der Waals surface area contributed by atoms with Crippen LogP contribution in [0.25, 0.3) is 0 Å². The lowest BCUT2D eigenvalue weighted by Gasteiger charge is -2.29. The third-order valence-electron chi connectivity index (χ3n) is 4.70. The number of amides is 2. The predicted molar refractivity (Wildman–Crippen MR) is 111 cm³/mol. The summed E-state index contributed by atoms with van der Waals surface area (Å²) in [7, 11) is 3.04. The number of hydrogen-bond acceptors (Lipinski definition) is 7. The molecule has 1 aliphatic heterocycles. The molecule has 1 aliphatic rings. The molecule has 0 fully saturated rings. The Morgan fingerprint density at radius 3 is 2.61 bits per heavy atom. The van der Waals surface area contributed by atoms with Crippen molar-refractivity contribution >= 4 is 23.4 Å². The smallest absolute Gasteiger partial charge is 0.410 e. The first-order valence-corrected chi connectivity index (χ1v) is 9.66. The average Bonchev–Trinajstić information content (AvgIpc) is 3.01. The van der Waals surface area contributed by atoms with Crippen molar-refractivity contribution < 1.29 is 24.0 Å². The van der Waals surface area contributed by atoms with Crippen molar-refractivity contribution in [1.82, 2.24) is 14.7 Å². The van der Waals surface area contributed by atoms with Crippen molar-refractivity contribution in [3.8, 4) is 5.75 Å². The molecule has 0 bridgehead atoms. The number of nitro groups is 1. The molecule has 0 saturated heterocycles. The monoisotopic (exact) mass is 431 g/mol. The maximum atomic E-state index is 13.1. The number of nitrogens with zero attached hydrogens (tertiary/aromatic N) is 4. The van der Waals surface area contributed by atoms with Gasteiger partial charge in [-0.3, -0.25) is 19.6 Å². The Morgan fingerprint density at radius 1 is 1.29 bits per heavy atom. The number of anilines is 1. The van der Waals surface area contributed by atoms with Gasteiger partial charge in [-0.2, -0.15) is 5.10 Å². The minimum Gasteiger partial charge on any atom is -0.495 e. The van der Waals surface area contributed by atoms with Crippen LogP contribution in [-0.4, -0.2) is 50.9 Å². The summed E-state index contributed by atoms with van der Waals surface area (Å²) in [6.45, 7) is 5.96. The van der Waals surface area contributed by atoms with Gasteiger partial charge >= 0.3 is 6.09 Å². The second-order valence-corrected chi connectivity index (χ2v) is 8.15. The van der Waals surface area contributed by atoms with Crippen LogP contribution in [0.1, 0.15) is 42.5 Å². The van der Waals surface area contributed by atoms with Crippen molar-refractivity contribution in [3.63, 3.8) is 0 Å². The van der Waals surface area contributed by atoms with Crippen LogP contribution in [0, 0.1) is 10.1 Å². The second-order valence-electron chi connectivity index (χ2n) is 8.15. The summed E-state index contributed by atoms with van der Waals surface area (Å²) in [4.78, 5) is 37.6. The van der Waals surface area contributed by atoms with E-state index < -0.39 is 22.5 Å². The molecule has 1 aromatic heterocycles. The quantitative estimate of drug-likeness (QED) is 0.582. The van der Waals surface area contributed by atoms with E-state index in [1.165, 1.54) is 34.9 Å².